The van der Waals surface area contributed by atoms with Gasteiger partial charge in [0.15, 0.2) is 5.11 Å². The van der Waals surface area contributed by atoms with Crippen molar-refractivity contribution in [2.24, 2.45) is 0 Å². The highest BCUT2D eigenvalue weighted by atomic mass is 32.1. The summed E-state index contributed by atoms with van der Waals surface area (Å²) >= 11 is 7.29. The van der Waals surface area contributed by atoms with E-state index < -0.39 is 0 Å². The molecule has 2 aromatic rings. The van der Waals surface area contributed by atoms with Gasteiger partial charge in [0.1, 0.15) is 19.1 Å². The van der Waals surface area contributed by atoms with Crippen LogP contribution in [-0.2, 0) is 4.74 Å². The van der Waals surface area contributed by atoms with Gasteiger partial charge in [-0.3, -0.25) is 0 Å². The fourth-order valence-corrected chi connectivity index (χ4v) is 4.10. The molecular weight excluding hydrogens is 338 g/mol. The predicted octanol–water partition coefficient (Wildman–Crippen LogP) is 2.00. The summed E-state index contributed by atoms with van der Waals surface area (Å²) in [5.74, 6) is 0. The van der Waals surface area contributed by atoms with Crippen LogP contribution < -0.4 is 15.5 Å². The number of aryl methyl sites for hydroxylation is 1. The van der Waals surface area contributed by atoms with Gasteiger partial charge in [-0.2, -0.15) is 0 Å². The third kappa shape index (κ3) is 4.77. The molecule has 2 heterocycles. The van der Waals surface area contributed by atoms with Gasteiger partial charge in [-0.1, -0.05) is 18.2 Å². The monoisotopic (exact) mass is 362 g/mol. The van der Waals surface area contributed by atoms with Crippen LogP contribution in [0.1, 0.15) is 16.5 Å². The Balaban J connectivity index is 1.59. The fraction of sp³-hybridized carbons (Fsp3) is 0.389. The van der Waals surface area contributed by atoms with Crippen molar-refractivity contribution in [1.82, 2.24) is 5.32 Å². The van der Waals surface area contributed by atoms with Crippen molar-refractivity contribution in [2.75, 3.05) is 38.2 Å². The van der Waals surface area contributed by atoms with Gasteiger partial charge < -0.3 is 20.3 Å². The summed E-state index contributed by atoms with van der Waals surface area (Å²) < 4.78 is 5.51. The summed E-state index contributed by atoms with van der Waals surface area (Å²) in [5, 5.41) is 9.50. The Morgan fingerprint density at radius 1 is 1.29 bits per heavy atom. The van der Waals surface area contributed by atoms with E-state index >= 15 is 0 Å². The van der Waals surface area contributed by atoms with Gasteiger partial charge in [0, 0.05) is 5.69 Å². The van der Waals surface area contributed by atoms with Crippen molar-refractivity contribution in [3.8, 4) is 0 Å². The van der Waals surface area contributed by atoms with E-state index in [1.807, 2.05) is 23.5 Å². The summed E-state index contributed by atoms with van der Waals surface area (Å²) in [6.07, 6.45) is 0. The largest absolute Gasteiger partial charge is 0.370 e. The zero-order valence-corrected chi connectivity index (χ0v) is 15.5. The van der Waals surface area contributed by atoms with Crippen molar-refractivity contribution < 1.29 is 9.64 Å². The van der Waals surface area contributed by atoms with Crippen LogP contribution in [0.5, 0.6) is 0 Å². The molecule has 0 unspecified atom stereocenters. The third-order valence-electron chi connectivity index (χ3n) is 4.26. The molecule has 0 radical (unpaired) electrons. The number of ether oxygens (including phenoxy) is 1. The summed E-state index contributed by atoms with van der Waals surface area (Å²) in [5.41, 5.74) is 2.25. The second-order valence-electron chi connectivity index (χ2n) is 6.04. The van der Waals surface area contributed by atoms with E-state index in [0.29, 0.717) is 11.2 Å². The van der Waals surface area contributed by atoms with Crippen LogP contribution in [0.2, 0.25) is 0 Å². The molecule has 1 aliphatic heterocycles. The molecule has 1 aromatic carbocycles. The third-order valence-corrected chi connectivity index (χ3v) is 5.49. The highest BCUT2D eigenvalue weighted by Crippen LogP contribution is 2.16. The summed E-state index contributed by atoms with van der Waals surface area (Å²) in [4.78, 5) is 2.97. The highest BCUT2D eigenvalue weighted by Gasteiger charge is 2.27. The molecule has 0 saturated carbocycles. The number of anilines is 1. The van der Waals surface area contributed by atoms with Crippen molar-refractivity contribution in [2.45, 2.75) is 13.0 Å². The molecule has 3 N–H and O–H groups in total. The Labute approximate surface area is 152 Å². The molecule has 0 aliphatic carbocycles. The average molecular weight is 363 g/mol. The van der Waals surface area contributed by atoms with Crippen LogP contribution in [0.3, 0.4) is 0 Å². The Kier molecular flexibility index (Phi) is 6.20. The molecule has 24 heavy (non-hydrogen) atoms. The number of nitrogens with one attached hydrogen (secondary N) is 3. The molecule has 0 amide bonds. The van der Waals surface area contributed by atoms with Crippen LogP contribution >= 0.6 is 23.6 Å². The molecule has 1 saturated heterocycles. The topological polar surface area (TPSA) is 37.7 Å². The molecule has 1 aliphatic rings. The Morgan fingerprint density at radius 2 is 2.12 bits per heavy atom. The molecule has 1 atom stereocenters. The van der Waals surface area contributed by atoms with Crippen LogP contribution in [0, 0.1) is 6.92 Å². The molecule has 0 bridgehead atoms. The summed E-state index contributed by atoms with van der Waals surface area (Å²) in [6.45, 7) is 6.67. The first-order valence-corrected chi connectivity index (χ1v) is 9.58. The minimum atomic E-state index is 0.408. The van der Waals surface area contributed by atoms with Gasteiger partial charge in [-0.15, -0.1) is 11.3 Å². The second-order valence-corrected chi connectivity index (χ2v) is 7.43. The minimum Gasteiger partial charge on any atom is -0.370 e. The normalized spacial score (nSPS) is 16.5. The van der Waals surface area contributed by atoms with Gasteiger partial charge >= 0.3 is 0 Å². The summed E-state index contributed by atoms with van der Waals surface area (Å²) in [6, 6.07) is 13.0. The SMILES string of the molecule is Cc1cccc(NC(=S)NC[C@H](c2cccs2)[NH+]2CCOCC2)c1. The Morgan fingerprint density at radius 3 is 2.83 bits per heavy atom. The lowest BCUT2D eigenvalue weighted by atomic mass is 10.2. The van der Waals surface area contributed by atoms with E-state index in [1.54, 1.807) is 4.90 Å². The van der Waals surface area contributed by atoms with Gasteiger partial charge in [0.05, 0.1) is 24.6 Å². The maximum atomic E-state index is 5.51. The molecule has 3 rings (SSSR count). The molecule has 128 valence electrons. The zero-order valence-electron chi connectivity index (χ0n) is 13.9. The van der Waals surface area contributed by atoms with Gasteiger partial charge in [0.25, 0.3) is 0 Å². The number of quaternary nitrogens is 1. The minimum absolute atomic E-state index is 0.408. The van der Waals surface area contributed by atoms with E-state index in [4.69, 9.17) is 17.0 Å². The number of thiocarbonyl (C=S) groups is 1. The smallest absolute Gasteiger partial charge is 0.171 e. The second kappa shape index (κ2) is 8.58. The molecule has 0 spiro atoms. The van der Waals surface area contributed by atoms with Crippen LogP contribution in [0.15, 0.2) is 41.8 Å². The Bertz CT molecular complexity index is 654. The number of hydrogen-bond donors (Lipinski definition) is 3. The molecule has 1 fully saturated rings. The number of rotatable bonds is 5. The molecule has 4 nitrogen and oxygen atoms in total. The molecular formula is C18H24N3OS2+. The quantitative estimate of drug-likeness (QED) is 0.712. The van der Waals surface area contributed by atoms with E-state index in [9.17, 15) is 0 Å². The average Bonchev–Trinajstić information content (AvgIpc) is 3.10. The van der Waals surface area contributed by atoms with E-state index in [-0.39, 0.29) is 0 Å². The summed E-state index contributed by atoms with van der Waals surface area (Å²) in [7, 11) is 0. The lowest BCUT2D eigenvalue weighted by Gasteiger charge is -2.31. The first-order valence-electron chi connectivity index (χ1n) is 8.29. The maximum absolute atomic E-state index is 5.51. The first-order chi connectivity index (χ1) is 11.7. The number of hydrogen-bond acceptors (Lipinski definition) is 3. The van der Waals surface area contributed by atoms with Crippen LogP contribution in [-0.4, -0.2) is 38.0 Å². The van der Waals surface area contributed by atoms with Gasteiger partial charge in [-0.25, -0.2) is 0 Å². The van der Waals surface area contributed by atoms with Crippen LogP contribution in [0.4, 0.5) is 5.69 Å². The number of morpholine rings is 1. The fourth-order valence-electron chi connectivity index (χ4n) is 3.01. The van der Waals surface area contributed by atoms with Crippen molar-refractivity contribution in [3.63, 3.8) is 0 Å². The predicted molar refractivity (Wildman–Crippen MR) is 104 cm³/mol. The van der Waals surface area contributed by atoms with Crippen molar-refractivity contribution >= 4 is 34.4 Å². The molecule has 6 heteroatoms. The number of thiophene rings is 1. The van der Waals surface area contributed by atoms with Gasteiger partial charge in [0.2, 0.25) is 0 Å². The number of benzene rings is 1. The van der Waals surface area contributed by atoms with Crippen molar-refractivity contribution in [3.05, 3.63) is 52.2 Å². The Hall–Kier alpha value is -1.47. The van der Waals surface area contributed by atoms with Crippen molar-refractivity contribution in [1.29, 1.82) is 0 Å². The standard InChI is InChI=1S/C18H23N3OS2/c1-14-4-2-5-15(12-14)20-18(23)19-13-16(17-6-3-11-24-17)21-7-9-22-10-8-21/h2-6,11-12,16H,7-10,13H2,1H3,(H2,19,20,23)/p+1/t16-/m1/s1. The maximum Gasteiger partial charge on any atom is 0.171 e. The molecule has 1 aromatic heterocycles. The van der Waals surface area contributed by atoms with Gasteiger partial charge in [-0.05, 0) is 48.3 Å². The van der Waals surface area contributed by atoms with E-state index in [0.717, 1.165) is 38.5 Å². The lowest BCUT2D eigenvalue weighted by molar-refractivity contribution is -0.937. The first kappa shape index (κ1) is 17.4. The highest BCUT2D eigenvalue weighted by molar-refractivity contribution is 7.80. The van der Waals surface area contributed by atoms with Crippen LogP contribution in [0.25, 0.3) is 0 Å². The zero-order chi connectivity index (χ0) is 16.8. The van der Waals surface area contributed by atoms with E-state index in [1.165, 1.54) is 10.4 Å². The lowest BCUT2D eigenvalue weighted by Crippen LogP contribution is -3.15. The van der Waals surface area contributed by atoms with E-state index in [2.05, 4.69) is 47.2 Å².